The average Bonchev–Trinajstić information content (AvgIpc) is 2.66. The molecule has 0 saturated carbocycles. The van der Waals surface area contributed by atoms with E-state index in [4.69, 9.17) is 4.18 Å². The zero-order valence-electron chi connectivity index (χ0n) is 17.1. The van der Waals surface area contributed by atoms with E-state index in [-0.39, 0.29) is 35.3 Å². The van der Waals surface area contributed by atoms with E-state index >= 15 is 0 Å². The van der Waals surface area contributed by atoms with Crippen molar-refractivity contribution in [1.82, 2.24) is 10.2 Å². The summed E-state index contributed by atoms with van der Waals surface area (Å²) in [6.07, 6.45) is 0.739. The minimum Gasteiger partial charge on any atom is -0.379 e. The van der Waals surface area contributed by atoms with E-state index in [1.54, 1.807) is 23.1 Å². The van der Waals surface area contributed by atoms with Crippen LogP contribution >= 0.6 is 0 Å². The first-order valence-electron chi connectivity index (χ1n) is 9.49. The fourth-order valence-electron chi connectivity index (χ4n) is 2.64. The van der Waals surface area contributed by atoms with E-state index in [1.165, 1.54) is 6.07 Å². The number of halogens is 1. The lowest BCUT2D eigenvalue weighted by molar-refractivity contribution is 0.170. The largest absolute Gasteiger partial charge is 0.379 e. The Bertz CT molecular complexity index is 930. The van der Waals surface area contributed by atoms with E-state index in [0.717, 1.165) is 30.7 Å². The summed E-state index contributed by atoms with van der Waals surface area (Å²) in [5.41, 5.74) is 0.553. The first-order chi connectivity index (χ1) is 13.6. The summed E-state index contributed by atoms with van der Waals surface area (Å²) in [7, 11) is -4.14. The standard InChI is InChI=1S/C21H27FN2O4S/c1-5-16(4)24(21(25)23-15(2)3)14-17-8-6-7-9-20(17)28-29(26,27)19-12-10-18(22)11-13-19/h6-13,15-16H,5,14H2,1-4H3,(H,23,25). The maximum atomic E-state index is 13.1. The van der Waals surface area contributed by atoms with Crippen molar-refractivity contribution in [3.05, 3.63) is 59.9 Å². The van der Waals surface area contributed by atoms with Crippen LogP contribution in [0.2, 0.25) is 0 Å². The van der Waals surface area contributed by atoms with Crippen molar-refractivity contribution in [1.29, 1.82) is 0 Å². The van der Waals surface area contributed by atoms with Crippen LogP contribution in [0.1, 0.15) is 39.7 Å². The van der Waals surface area contributed by atoms with Gasteiger partial charge in [0.05, 0.1) is 6.54 Å². The number of nitrogens with one attached hydrogen (secondary N) is 1. The molecule has 2 aromatic rings. The minimum absolute atomic E-state index is 0.0283. The number of amides is 2. The maximum absolute atomic E-state index is 13.1. The predicted octanol–water partition coefficient (Wildman–Crippen LogP) is 4.31. The van der Waals surface area contributed by atoms with Crippen LogP contribution in [0.5, 0.6) is 5.75 Å². The number of hydrogen-bond acceptors (Lipinski definition) is 4. The number of benzene rings is 2. The number of urea groups is 1. The lowest BCUT2D eigenvalue weighted by atomic mass is 10.1. The summed E-state index contributed by atoms with van der Waals surface area (Å²) in [5.74, 6) is -0.410. The lowest BCUT2D eigenvalue weighted by Crippen LogP contribution is -2.46. The molecule has 2 aromatic carbocycles. The SMILES string of the molecule is CCC(C)N(Cc1ccccc1OS(=O)(=O)c1ccc(F)cc1)C(=O)NC(C)C. The molecule has 1 N–H and O–H groups in total. The van der Waals surface area contributed by atoms with Crippen LogP contribution in [0, 0.1) is 5.82 Å². The summed E-state index contributed by atoms with van der Waals surface area (Å²) in [5, 5.41) is 2.87. The van der Waals surface area contributed by atoms with Gasteiger partial charge in [-0.3, -0.25) is 0 Å². The van der Waals surface area contributed by atoms with Gasteiger partial charge in [-0.25, -0.2) is 9.18 Å². The Morgan fingerprint density at radius 2 is 1.72 bits per heavy atom. The van der Waals surface area contributed by atoms with E-state index in [0.29, 0.717) is 5.56 Å². The van der Waals surface area contributed by atoms with Crippen LogP contribution in [0.3, 0.4) is 0 Å². The smallest absolute Gasteiger partial charge is 0.339 e. The molecule has 0 aromatic heterocycles. The third-order valence-corrected chi connectivity index (χ3v) is 5.66. The number of nitrogens with zero attached hydrogens (tertiary/aromatic N) is 1. The van der Waals surface area contributed by atoms with Crippen LogP contribution in [0.15, 0.2) is 53.4 Å². The van der Waals surface area contributed by atoms with Gasteiger partial charge in [-0.1, -0.05) is 25.1 Å². The quantitative estimate of drug-likeness (QED) is 0.643. The zero-order chi connectivity index (χ0) is 21.6. The third-order valence-electron chi connectivity index (χ3n) is 4.41. The van der Waals surface area contributed by atoms with Gasteiger partial charge in [0.1, 0.15) is 16.5 Å². The Kier molecular flexibility index (Phi) is 7.61. The van der Waals surface area contributed by atoms with Crippen LogP contribution in [0.25, 0.3) is 0 Å². The van der Waals surface area contributed by atoms with Crippen LogP contribution in [-0.2, 0) is 16.7 Å². The Morgan fingerprint density at radius 3 is 2.31 bits per heavy atom. The average molecular weight is 423 g/mol. The van der Waals surface area contributed by atoms with E-state index < -0.39 is 15.9 Å². The highest BCUT2D eigenvalue weighted by molar-refractivity contribution is 7.87. The monoisotopic (exact) mass is 422 g/mol. The Hall–Kier alpha value is -2.61. The van der Waals surface area contributed by atoms with Gasteiger partial charge in [-0.05, 0) is 57.5 Å². The molecule has 158 valence electrons. The molecule has 8 heteroatoms. The maximum Gasteiger partial charge on any atom is 0.339 e. The molecule has 0 spiro atoms. The zero-order valence-corrected chi connectivity index (χ0v) is 17.9. The van der Waals surface area contributed by atoms with Gasteiger partial charge in [-0.2, -0.15) is 8.42 Å². The second-order valence-corrected chi connectivity index (χ2v) is 8.63. The van der Waals surface area contributed by atoms with Crippen LogP contribution in [-0.4, -0.2) is 31.4 Å². The van der Waals surface area contributed by atoms with E-state index in [2.05, 4.69) is 5.32 Å². The molecule has 1 unspecified atom stereocenters. The fraction of sp³-hybridized carbons (Fsp3) is 0.381. The highest BCUT2D eigenvalue weighted by Crippen LogP contribution is 2.25. The van der Waals surface area contributed by atoms with Crippen LogP contribution < -0.4 is 9.50 Å². The highest BCUT2D eigenvalue weighted by Gasteiger charge is 2.23. The van der Waals surface area contributed by atoms with Crippen molar-refractivity contribution < 1.29 is 21.8 Å². The van der Waals surface area contributed by atoms with Crippen molar-refractivity contribution in [2.75, 3.05) is 0 Å². The van der Waals surface area contributed by atoms with Crippen molar-refractivity contribution in [3.8, 4) is 5.75 Å². The second-order valence-electron chi connectivity index (χ2n) is 7.09. The number of carbonyl (C=O) groups excluding carboxylic acids is 1. The highest BCUT2D eigenvalue weighted by atomic mass is 32.2. The first-order valence-corrected chi connectivity index (χ1v) is 10.9. The van der Waals surface area contributed by atoms with Crippen LogP contribution in [0.4, 0.5) is 9.18 Å². The molecule has 6 nitrogen and oxygen atoms in total. The first kappa shape index (κ1) is 22.7. The molecule has 0 fully saturated rings. The molecule has 29 heavy (non-hydrogen) atoms. The van der Waals surface area contributed by atoms with E-state index in [1.807, 2.05) is 27.7 Å². The van der Waals surface area contributed by atoms with Crippen molar-refractivity contribution >= 4 is 16.1 Å². The molecule has 0 heterocycles. The third kappa shape index (κ3) is 6.19. The summed E-state index contributed by atoms with van der Waals surface area (Å²) in [4.78, 5) is 14.1. The lowest BCUT2D eigenvalue weighted by Gasteiger charge is -2.30. The summed E-state index contributed by atoms with van der Waals surface area (Å²) < 4.78 is 43.6. The summed E-state index contributed by atoms with van der Waals surface area (Å²) in [6.45, 7) is 7.83. The van der Waals surface area contributed by atoms with Gasteiger partial charge in [0.25, 0.3) is 0 Å². The number of carbonyl (C=O) groups is 1. The molecule has 0 aliphatic heterocycles. The molecule has 2 rings (SSSR count). The molecule has 0 saturated heterocycles. The van der Waals surface area contributed by atoms with Crippen molar-refractivity contribution in [2.24, 2.45) is 0 Å². The molecule has 0 aliphatic rings. The van der Waals surface area contributed by atoms with Gasteiger partial charge in [0.15, 0.2) is 0 Å². The number of para-hydroxylation sites is 1. The number of hydrogen-bond donors (Lipinski definition) is 1. The molecule has 0 aliphatic carbocycles. The fourth-order valence-corrected chi connectivity index (χ4v) is 3.61. The van der Waals surface area contributed by atoms with Gasteiger partial charge in [0, 0.05) is 17.6 Å². The van der Waals surface area contributed by atoms with Gasteiger partial charge < -0.3 is 14.4 Å². The van der Waals surface area contributed by atoms with E-state index in [9.17, 15) is 17.6 Å². The Labute approximate surface area is 171 Å². The van der Waals surface area contributed by atoms with Crippen molar-refractivity contribution in [2.45, 2.75) is 57.6 Å². The second kappa shape index (κ2) is 9.73. The van der Waals surface area contributed by atoms with Gasteiger partial charge >= 0.3 is 16.1 Å². The molecule has 2 amide bonds. The molecule has 1 atom stereocenters. The summed E-state index contributed by atoms with van der Waals surface area (Å²) >= 11 is 0. The molecular weight excluding hydrogens is 395 g/mol. The Morgan fingerprint density at radius 1 is 1.10 bits per heavy atom. The van der Waals surface area contributed by atoms with Crippen molar-refractivity contribution in [3.63, 3.8) is 0 Å². The van der Waals surface area contributed by atoms with Gasteiger partial charge in [-0.15, -0.1) is 0 Å². The normalized spacial score (nSPS) is 12.5. The Balaban J connectivity index is 2.31. The topological polar surface area (TPSA) is 75.7 Å². The molecule has 0 radical (unpaired) electrons. The molecule has 0 bridgehead atoms. The van der Waals surface area contributed by atoms with Gasteiger partial charge in [0.2, 0.25) is 0 Å². The minimum atomic E-state index is -4.14. The number of rotatable bonds is 8. The predicted molar refractivity (Wildman–Crippen MR) is 110 cm³/mol. The summed E-state index contributed by atoms with van der Waals surface area (Å²) in [6, 6.07) is 10.7. The molecular formula is C21H27FN2O4S.